The largest absolute Gasteiger partial charge is 0.417 e. The third kappa shape index (κ3) is 6.43. The predicted molar refractivity (Wildman–Crippen MR) is 85.9 cm³/mol. The zero-order valence-corrected chi connectivity index (χ0v) is 15.4. The maximum Gasteiger partial charge on any atom is 0.417 e. The van der Waals surface area contributed by atoms with E-state index >= 15 is 0 Å². The molecule has 0 spiro atoms. The number of ketones is 1. The van der Waals surface area contributed by atoms with E-state index in [4.69, 9.17) is 4.43 Å². The van der Waals surface area contributed by atoms with Crippen molar-refractivity contribution in [3.8, 4) is 0 Å². The van der Waals surface area contributed by atoms with E-state index in [2.05, 4.69) is 4.98 Å². The van der Waals surface area contributed by atoms with E-state index in [1.807, 2.05) is 20.8 Å². The Balaban J connectivity index is 3.17. The summed E-state index contributed by atoms with van der Waals surface area (Å²) in [5.74, 6) is -0.376. The normalized spacial score (nSPS) is 14.7. The molecule has 0 aliphatic heterocycles. The average molecular weight is 347 g/mol. The molecule has 1 rings (SSSR count). The van der Waals surface area contributed by atoms with Crippen molar-refractivity contribution in [1.29, 1.82) is 0 Å². The van der Waals surface area contributed by atoms with E-state index in [1.54, 1.807) is 13.1 Å². The van der Waals surface area contributed by atoms with Crippen LogP contribution in [0.1, 0.15) is 49.9 Å². The van der Waals surface area contributed by atoms with Gasteiger partial charge in [0.1, 0.15) is 5.69 Å². The molecule has 0 bridgehead atoms. The first kappa shape index (κ1) is 19.8. The fourth-order valence-electron chi connectivity index (χ4n) is 2.76. The van der Waals surface area contributed by atoms with E-state index < -0.39 is 20.6 Å². The molecule has 1 unspecified atom stereocenters. The summed E-state index contributed by atoms with van der Waals surface area (Å²) in [4.78, 5) is 15.2. The molecule has 7 heteroatoms. The van der Waals surface area contributed by atoms with E-state index in [1.165, 1.54) is 25.3 Å². The topological polar surface area (TPSA) is 39.2 Å². The van der Waals surface area contributed by atoms with Crippen LogP contribution >= 0.6 is 0 Å². The molecule has 1 heterocycles. The van der Waals surface area contributed by atoms with Crippen LogP contribution in [0.2, 0.25) is 19.1 Å². The van der Waals surface area contributed by atoms with E-state index in [0.717, 1.165) is 0 Å². The first-order valence-corrected chi connectivity index (χ1v) is 10.5. The van der Waals surface area contributed by atoms with Gasteiger partial charge in [-0.15, -0.1) is 0 Å². The fourth-order valence-corrected chi connectivity index (χ4v) is 6.31. The van der Waals surface area contributed by atoms with Crippen molar-refractivity contribution in [2.45, 2.75) is 59.1 Å². The molecule has 0 saturated heterocycles. The average Bonchev–Trinajstić information content (AvgIpc) is 2.32. The van der Waals surface area contributed by atoms with Crippen molar-refractivity contribution in [2.75, 3.05) is 0 Å². The summed E-state index contributed by atoms with van der Waals surface area (Å²) in [6, 6.07) is 3.02. The van der Waals surface area contributed by atoms with E-state index in [-0.39, 0.29) is 22.5 Å². The van der Waals surface area contributed by atoms with Crippen molar-refractivity contribution in [1.82, 2.24) is 4.98 Å². The van der Waals surface area contributed by atoms with Crippen LogP contribution in [0.4, 0.5) is 13.2 Å². The van der Waals surface area contributed by atoms with Gasteiger partial charge in [0.2, 0.25) is 0 Å². The lowest BCUT2D eigenvalue weighted by Crippen LogP contribution is -2.40. The zero-order valence-electron chi connectivity index (χ0n) is 14.4. The number of aromatic nitrogens is 1. The first-order valence-electron chi connectivity index (χ1n) is 7.43. The number of pyridine rings is 1. The second-order valence-corrected chi connectivity index (χ2v) is 11.7. The Bertz CT molecular complexity index is 565. The highest BCUT2D eigenvalue weighted by atomic mass is 28.4. The molecule has 0 aliphatic rings. The monoisotopic (exact) mass is 347 g/mol. The molecule has 0 amide bonds. The number of carbonyl (C=O) groups excluding carboxylic acids is 1. The van der Waals surface area contributed by atoms with Crippen molar-refractivity contribution < 1.29 is 22.4 Å². The van der Waals surface area contributed by atoms with Crippen LogP contribution in [-0.4, -0.2) is 25.3 Å². The highest BCUT2D eigenvalue weighted by molar-refractivity contribution is 6.71. The van der Waals surface area contributed by atoms with Gasteiger partial charge in [0.05, 0.1) is 0 Å². The van der Waals surface area contributed by atoms with Gasteiger partial charge in [0.25, 0.3) is 0 Å². The smallest absolute Gasteiger partial charge is 0.402 e. The number of nitrogens with zero attached hydrogens (tertiary/aromatic N) is 1. The number of hydrogen-bond acceptors (Lipinski definition) is 3. The molecular weight excluding hydrogens is 323 g/mol. The van der Waals surface area contributed by atoms with Gasteiger partial charge < -0.3 is 4.43 Å². The van der Waals surface area contributed by atoms with Crippen LogP contribution in [0.15, 0.2) is 18.3 Å². The summed E-state index contributed by atoms with van der Waals surface area (Å²) in [5.41, 5.74) is -0.183. The lowest BCUT2D eigenvalue weighted by molar-refractivity contribution is -0.201. The lowest BCUT2D eigenvalue weighted by atomic mass is 10.0. The lowest BCUT2D eigenvalue weighted by Gasteiger charge is -2.35. The maximum atomic E-state index is 13.5. The number of hydrogen-bond donors (Lipinski definition) is 0. The van der Waals surface area contributed by atoms with Gasteiger partial charge in [0, 0.05) is 13.1 Å². The summed E-state index contributed by atoms with van der Waals surface area (Å²) in [7, 11) is -2.56. The van der Waals surface area contributed by atoms with Crippen LogP contribution in [0, 0.1) is 5.41 Å². The fraction of sp³-hybridized carbons (Fsp3) is 0.625. The second-order valence-electron chi connectivity index (χ2n) is 7.57. The number of alkyl halides is 3. The Kier molecular flexibility index (Phi) is 5.80. The minimum Gasteiger partial charge on any atom is -0.402 e. The predicted octanol–water partition coefficient (Wildman–Crippen LogP) is 5.16. The SMILES string of the molecule is CC(=O)c1cc(C(O[Si](C)(C)CC(C)(C)C)C(F)(F)F)ccn1. The van der Waals surface area contributed by atoms with Crippen LogP contribution in [0.3, 0.4) is 0 Å². The Morgan fingerprint density at radius 1 is 1.30 bits per heavy atom. The minimum absolute atomic E-state index is 0.00986. The molecular formula is C16H24F3NO2Si. The molecule has 0 fully saturated rings. The summed E-state index contributed by atoms with van der Waals surface area (Å²) < 4.78 is 46.1. The van der Waals surface area contributed by atoms with Crippen molar-refractivity contribution >= 4 is 14.1 Å². The van der Waals surface area contributed by atoms with E-state index in [0.29, 0.717) is 6.04 Å². The number of halogens is 3. The summed E-state index contributed by atoms with van der Waals surface area (Å²) in [6.45, 7) is 10.8. The molecule has 1 atom stereocenters. The molecule has 3 nitrogen and oxygen atoms in total. The third-order valence-electron chi connectivity index (χ3n) is 3.14. The molecule has 1 aromatic heterocycles. The molecule has 23 heavy (non-hydrogen) atoms. The van der Waals surface area contributed by atoms with Gasteiger partial charge in [0.15, 0.2) is 20.2 Å². The molecule has 0 N–H and O–H groups in total. The van der Waals surface area contributed by atoms with Crippen molar-refractivity contribution in [3.63, 3.8) is 0 Å². The van der Waals surface area contributed by atoms with Gasteiger partial charge in [-0.05, 0) is 42.2 Å². The maximum absolute atomic E-state index is 13.5. The van der Waals surface area contributed by atoms with Gasteiger partial charge >= 0.3 is 6.18 Å². The highest BCUT2D eigenvalue weighted by Crippen LogP contribution is 2.40. The number of Topliss-reactive ketones (excluding diaryl/α,β-unsaturated/α-hetero) is 1. The molecule has 1 aromatic rings. The van der Waals surface area contributed by atoms with Crippen LogP contribution < -0.4 is 0 Å². The van der Waals surface area contributed by atoms with Crippen molar-refractivity contribution in [3.05, 3.63) is 29.6 Å². The molecule has 0 aliphatic carbocycles. The Morgan fingerprint density at radius 2 is 1.87 bits per heavy atom. The Labute approximate surface area is 136 Å². The summed E-state index contributed by atoms with van der Waals surface area (Å²) in [5, 5.41) is 0. The van der Waals surface area contributed by atoms with Crippen LogP contribution in [0.5, 0.6) is 0 Å². The minimum atomic E-state index is -4.54. The first-order chi connectivity index (χ1) is 10.2. The molecule has 0 aromatic carbocycles. The Morgan fingerprint density at radius 3 is 2.30 bits per heavy atom. The third-order valence-corrected chi connectivity index (χ3v) is 5.92. The quantitative estimate of drug-likeness (QED) is 0.546. The van der Waals surface area contributed by atoms with Gasteiger partial charge in [-0.2, -0.15) is 13.2 Å². The summed E-state index contributed by atoms with van der Waals surface area (Å²) in [6.07, 6.45) is -5.36. The Hall–Kier alpha value is -1.21. The van der Waals surface area contributed by atoms with Crippen LogP contribution in [0.25, 0.3) is 0 Å². The second kappa shape index (κ2) is 6.73. The number of carbonyl (C=O) groups is 1. The number of rotatable bonds is 5. The van der Waals surface area contributed by atoms with Crippen molar-refractivity contribution in [2.24, 2.45) is 5.41 Å². The highest BCUT2D eigenvalue weighted by Gasteiger charge is 2.46. The zero-order chi connectivity index (χ0) is 18.1. The molecule has 130 valence electrons. The van der Waals surface area contributed by atoms with Crippen LogP contribution in [-0.2, 0) is 4.43 Å². The van der Waals surface area contributed by atoms with E-state index in [9.17, 15) is 18.0 Å². The molecule has 0 saturated carbocycles. The van der Waals surface area contributed by atoms with Gasteiger partial charge in [-0.25, -0.2) is 0 Å². The van der Waals surface area contributed by atoms with Gasteiger partial charge in [-0.3, -0.25) is 9.78 Å². The standard InChI is InChI=1S/C16H24F3NO2Si/c1-11(21)13-9-12(7-8-20-13)14(16(17,18)19)22-23(5,6)10-15(2,3)4/h7-9,14H,10H2,1-6H3. The van der Waals surface area contributed by atoms with Gasteiger partial charge in [-0.1, -0.05) is 20.8 Å². The molecule has 0 radical (unpaired) electrons. The summed E-state index contributed by atoms with van der Waals surface area (Å²) >= 11 is 0.